The van der Waals surface area contributed by atoms with Crippen LogP contribution >= 0.6 is 0 Å². The maximum Gasteiger partial charge on any atom is 0.191 e. The molecule has 1 aromatic heterocycles. The Labute approximate surface area is 163 Å². The van der Waals surface area contributed by atoms with Crippen LogP contribution in [0.25, 0.3) is 0 Å². The predicted molar refractivity (Wildman–Crippen MR) is 108 cm³/mol. The minimum Gasteiger partial charge on any atom is -0.383 e. The van der Waals surface area contributed by atoms with Crippen LogP contribution in [-0.4, -0.2) is 80.3 Å². The number of guanidine groups is 1. The van der Waals surface area contributed by atoms with Crippen LogP contribution in [0.2, 0.25) is 0 Å². The summed E-state index contributed by atoms with van der Waals surface area (Å²) >= 11 is 0. The van der Waals surface area contributed by atoms with Gasteiger partial charge in [-0.25, -0.2) is 4.99 Å². The number of hydrogen-bond donors (Lipinski definition) is 2. The highest BCUT2D eigenvalue weighted by atomic mass is 16.5. The fourth-order valence-electron chi connectivity index (χ4n) is 3.19. The molecule has 8 heteroatoms. The van der Waals surface area contributed by atoms with Crippen molar-refractivity contribution in [1.82, 2.24) is 25.3 Å². The molecule has 0 aliphatic carbocycles. The number of methoxy groups -OCH3 is 1. The minimum absolute atomic E-state index is 0.628. The first-order valence-corrected chi connectivity index (χ1v) is 9.99. The van der Waals surface area contributed by atoms with Crippen molar-refractivity contribution in [2.75, 3.05) is 59.7 Å². The monoisotopic (exact) mass is 380 g/mol. The number of ether oxygens (including phenoxy) is 2. The summed E-state index contributed by atoms with van der Waals surface area (Å²) in [4.78, 5) is 7.21. The summed E-state index contributed by atoms with van der Waals surface area (Å²) in [5, 5.41) is 11.4. The number of hydrogen-bond acceptors (Lipinski definition) is 5. The van der Waals surface area contributed by atoms with E-state index in [-0.39, 0.29) is 0 Å². The third kappa shape index (κ3) is 7.12. The molecule has 0 aromatic carbocycles. The van der Waals surface area contributed by atoms with Gasteiger partial charge in [-0.15, -0.1) is 0 Å². The Morgan fingerprint density at radius 3 is 2.70 bits per heavy atom. The van der Waals surface area contributed by atoms with Crippen LogP contribution in [0.5, 0.6) is 0 Å². The lowest BCUT2D eigenvalue weighted by Crippen LogP contribution is -2.40. The highest BCUT2D eigenvalue weighted by molar-refractivity contribution is 5.79. The Hall–Kier alpha value is -1.64. The highest BCUT2D eigenvalue weighted by Crippen LogP contribution is 2.14. The van der Waals surface area contributed by atoms with Crippen molar-refractivity contribution < 1.29 is 9.47 Å². The van der Waals surface area contributed by atoms with Gasteiger partial charge >= 0.3 is 0 Å². The molecular formula is C19H36N6O2. The van der Waals surface area contributed by atoms with Gasteiger partial charge in [-0.3, -0.25) is 9.58 Å². The van der Waals surface area contributed by atoms with Gasteiger partial charge in [0.15, 0.2) is 5.96 Å². The molecule has 1 saturated heterocycles. The molecule has 0 unspecified atom stereocenters. The number of nitrogens with zero attached hydrogens (tertiary/aromatic N) is 4. The lowest BCUT2D eigenvalue weighted by Gasteiger charge is -2.26. The zero-order chi connectivity index (χ0) is 19.5. The molecule has 1 fully saturated rings. The second kappa shape index (κ2) is 11.9. The molecule has 1 aromatic rings. The second-order valence-electron chi connectivity index (χ2n) is 6.79. The molecular weight excluding hydrogens is 344 g/mol. The van der Waals surface area contributed by atoms with E-state index in [0.29, 0.717) is 13.2 Å². The summed E-state index contributed by atoms with van der Waals surface area (Å²) in [6, 6.07) is 0. The zero-order valence-electron chi connectivity index (χ0n) is 17.4. The van der Waals surface area contributed by atoms with E-state index in [1.54, 1.807) is 7.11 Å². The molecule has 0 radical (unpaired) electrons. The van der Waals surface area contributed by atoms with Crippen molar-refractivity contribution >= 4 is 5.96 Å². The van der Waals surface area contributed by atoms with Crippen LogP contribution in [0, 0.1) is 13.8 Å². The van der Waals surface area contributed by atoms with Crippen molar-refractivity contribution in [3.8, 4) is 0 Å². The molecule has 2 heterocycles. The quantitative estimate of drug-likeness (QED) is 0.357. The first kappa shape index (κ1) is 21.7. The van der Waals surface area contributed by atoms with Crippen LogP contribution in [-0.2, 0) is 22.6 Å². The number of aromatic nitrogens is 2. The Morgan fingerprint density at radius 2 is 2.00 bits per heavy atom. The van der Waals surface area contributed by atoms with Crippen molar-refractivity contribution in [3.63, 3.8) is 0 Å². The molecule has 1 aliphatic heterocycles. The molecule has 0 spiro atoms. The largest absolute Gasteiger partial charge is 0.383 e. The van der Waals surface area contributed by atoms with E-state index in [9.17, 15) is 0 Å². The smallest absolute Gasteiger partial charge is 0.191 e. The van der Waals surface area contributed by atoms with Gasteiger partial charge < -0.3 is 20.1 Å². The molecule has 154 valence electrons. The minimum atomic E-state index is 0.628. The van der Waals surface area contributed by atoms with Gasteiger partial charge in [0.05, 0.1) is 38.6 Å². The summed E-state index contributed by atoms with van der Waals surface area (Å²) in [7, 11) is 1.71. The molecule has 2 rings (SSSR count). The first-order chi connectivity index (χ1) is 13.2. The summed E-state index contributed by atoms with van der Waals surface area (Å²) in [5.41, 5.74) is 3.39. The van der Waals surface area contributed by atoms with E-state index < -0.39 is 0 Å². The molecule has 0 bridgehead atoms. The third-order valence-corrected chi connectivity index (χ3v) is 4.83. The summed E-state index contributed by atoms with van der Waals surface area (Å²) in [5.74, 6) is 0.864. The van der Waals surface area contributed by atoms with Gasteiger partial charge in [0, 0.05) is 44.5 Å². The number of nitrogens with one attached hydrogen (secondary N) is 2. The summed E-state index contributed by atoms with van der Waals surface area (Å²) < 4.78 is 12.6. The molecule has 0 atom stereocenters. The lowest BCUT2D eigenvalue weighted by atomic mass is 10.2. The lowest BCUT2D eigenvalue weighted by molar-refractivity contribution is 0.0376. The molecule has 0 amide bonds. The Bertz CT molecular complexity index is 581. The van der Waals surface area contributed by atoms with E-state index in [2.05, 4.69) is 34.5 Å². The maximum atomic E-state index is 5.39. The van der Waals surface area contributed by atoms with Crippen LogP contribution in [0.1, 0.15) is 30.3 Å². The number of morpholine rings is 1. The third-order valence-electron chi connectivity index (χ3n) is 4.83. The Kier molecular flexibility index (Phi) is 9.58. The van der Waals surface area contributed by atoms with Crippen molar-refractivity contribution in [2.24, 2.45) is 4.99 Å². The normalized spacial score (nSPS) is 15.9. The number of aliphatic imine (C=N–C) groups is 1. The fraction of sp³-hybridized carbons (Fsp3) is 0.789. The fourth-order valence-corrected chi connectivity index (χ4v) is 3.19. The molecule has 0 saturated carbocycles. The topological polar surface area (TPSA) is 75.9 Å². The molecule has 2 N–H and O–H groups in total. The standard InChI is InChI=1S/C19H36N6O2/c1-5-20-19(21-7-6-8-24-9-13-27-14-10-24)22-15-18-16(2)23-25(17(18)3)11-12-26-4/h5-15H2,1-4H3,(H2,20,21,22). The van der Waals surface area contributed by atoms with Crippen molar-refractivity contribution in [2.45, 2.75) is 40.3 Å². The molecule has 1 aliphatic rings. The van der Waals surface area contributed by atoms with E-state index >= 15 is 0 Å². The van der Waals surface area contributed by atoms with Gasteiger partial charge in [-0.1, -0.05) is 0 Å². The average molecular weight is 381 g/mol. The average Bonchev–Trinajstić information content (AvgIpc) is 2.95. The van der Waals surface area contributed by atoms with Gasteiger partial charge in [0.25, 0.3) is 0 Å². The maximum absolute atomic E-state index is 5.39. The Morgan fingerprint density at radius 1 is 1.22 bits per heavy atom. The SMILES string of the molecule is CCNC(=NCc1c(C)nn(CCOC)c1C)NCCCN1CCOCC1. The first-order valence-electron chi connectivity index (χ1n) is 9.99. The predicted octanol–water partition coefficient (Wildman–Crippen LogP) is 0.924. The van der Waals surface area contributed by atoms with E-state index in [4.69, 9.17) is 14.5 Å². The molecule has 27 heavy (non-hydrogen) atoms. The van der Waals surface area contributed by atoms with Crippen LogP contribution in [0.15, 0.2) is 4.99 Å². The van der Waals surface area contributed by atoms with E-state index in [1.165, 1.54) is 5.56 Å². The van der Waals surface area contributed by atoms with Gasteiger partial charge in [-0.2, -0.15) is 5.10 Å². The van der Waals surface area contributed by atoms with Crippen LogP contribution in [0.4, 0.5) is 0 Å². The van der Waals surface area contributed by atoms with E-state index in [0.717, 1.165) is 76.3 Å². The second-order valence-corrected chi connectivity index (χ2v) is 6.79. The van der Waals surface area contributed by atoms with Gasteiger partial charge in [0.2, 0.25) is 0 Å². The van der Waals surface area contributed by atoms with Crippen molar-refractivity contribution in [3.05, 3.63) is 17.0 Å². The Balaban J connectivity index is 1.84. The van der Waals surface area contributed by atoms with Crippen LogP contribution < -0.4 is 10.6 Å². The van der Waals surface area contributed by atoms with E-state index in [1.807, 2.05) is 11.6 Å². The number of rotatable bonds is 10. The van der Waals surface area contributed by atoms with Gasteiger partial charge in [-0.05, 0) is 33.7 Å². The van der Waals surface area contributed by atoms with Crippen LogP contribution in [0.3, 0.4) is 0 Å². The number of aryl methyl sites for hydroxylation is 1. The van der Waals surface area contributed by atoms with Crippen molar-refractivity contribution in [1.29, 1.82) is 0 Å². The zero-order valence-corrected chi connectivity index (χ0v) is 17.4. The highest BCUT2D eigenvalue weighted by Gasteiger charge is 2.12. The van der Waals surface area contributed by atoms with Gasteiger partial charge in [0.1, 0.15) is 0 Å². The molecule has 8 nitrogen and oxygen atoms in total. The summed E-state index contributed by atoms with van der Waals surface area (Å²) in [6.45, 7) is 14.9. The summed E-state index contributed by atoms with van der Waals surface area (Å²) in [6.07, 6.45) is 1.09.